The molecule has 3 heterocycles. The van der Waals surface area contributed by atoms with Crippen LogP contribution in [0, 0.1) is 10.5 Å². The van der Waals surface area contributed by atoms with E-state index in [1.165, 1.54) is 4.31 Å². The Hall–Kier alpha value is -2.05. The van der Waals surface area contributed by atoms with Crippen LogP contribution in [0.4, 0.5) is 5.82 Å². The van der Waals surface area contributed by atoms with Crippen molar-refractivity contribution in [1.29, 1.82) is 0 Å². The fourth-order valence-corrected chi connectivity index (χ4v) is 4.93. The van der Waals surface area contributed by atoms with Crippen molar-refractivity contribution in [3.8, 4) is 5.82 Å². The zero-order valence-electron chi connectivity index (χ0n) is 15.2. The van der Waals surface area contributed by atoms with Gasteiger partial charge >= 0.3 is 0 Å². The molecule has 0 saturated carbocycles. The summed E-state index contributed by atoms with van der Waals surface area (Å²) < 4.78 is 30.0. The highest BCUT2D eigenvalue weighted by Crippen LogP contribution is 2.21. The Morgan fingerprint density at radius 3 is 2.14 bits per heavy atom. The third-order valence-electron chi connectivity index (χ3n) is 4.72. The monoisotopic (exact) mass is 510 g/mol. The number of anilines is 1. The van der Waals surface area contributed by atoms with Gasteiger partial charge in [0, 0.05) is 42.1 Å². The minimum atomic E-state index is -3.47. The number of nitrogens with zero attached hydrogens (tertiary/aromatic N) is 6. The van der Waals surface area contributed by atoms with Gasteiger partial charge in [-0.3, -0.25) is 4.57 Å². The molecule has 0 aliphatic carbocycles. The Balaban J connectivity index is 1.44. The number of aromatic nitrogens is 4. The van der Waals surface area contributed by atoms with E-state index in [0.717, 1.165) is 15.2 Å². The second kappa shape index (κ2) is 7.76. The van der Waals surface area contributed by atoms with Crippen molar-refractivity contribution in [3.05, 3.63) is 58.2 Å². The molecule has 1 aliphatic heterocycles. The van der Waals surface area contributed by atoms with Crippen LogP contribution in [0.25, 0.3) is 5.82 Å². The molecule has 8 nitrogen and oxygen atoms in total. The third-order valence-corrected chi connectivity index (χ3v) is 7.36. The molecule has 0 atom stereocenters. The number of hydrogen-bond acceptors (Lipinski definition) is 6. The lowest BCUT2D eigenvalue weighted by Crippen LogP contribution is -2.49. The molecule has 1 fully saturated rings. The molecule has 0 N–H and O–H groups in total. The van der Waals surface area contributed by atoms with Crippen LogP contribution in [0.1, 0.15) is 5.82 Å². The summed E-state index contributed by atoms with van der Waals surface area (Å²) >= 11 is 2.16. The van der Waals surface area contributed by atoms with E-state index < -0.39 is 10.0 Å². The summed E-state index contributed by atoms with van der Waals surface area (Å²) in [5.74, 6) is 2.29. The minimum Gasteiger partial charge on any atom is -0.352 e. The maximum atomic E-state index is 12.8. The van der Waals surface area contributed by atoms with Gasteiger partial charge in [0.1, 0.15) is 5.82 Å². The molecule has 28 heavy (non-hydrogen) atoms. The largest absolute Gasteiger partial charge is 0.352 e. The average Bonchev–Trinajstić information content (AvgIpc) is 3.14. The van der Waals surface area contributed by atoms with E-state index in [9.17, 15) is 8.42 Å². The summed E-state index contributed by atoms with van der Waals surface area (Å²) in [6, 6.07) is 10.7. The lowest BCUT2D eigenvalue weighted by atomic mass is 10.3. The highest BCUT2D eigenvalue weighted by molar-refractivity contribution is 14.1. The number of rotatable bonds is 4. The van der Waals surface area contributed by atoms with Crippen LogP contribution in [0.3, 0.4) is 0 Å². The second-order valence-corrected chi connectivity index (χ2v) is 9.62. The lowest BCUT2D eigenvalue weighted by molar-refractivity contribution is 0.383. The van der Waals surface area contributed by atoms with Gasteiger partial charge < -0.3 is 4.90 Å². The molecule has 0 spiro atoms. The molecule has 146 valence electrons. The fourth-order valence-electron chi connectivity index (χ4n) is 3.15. The van der Waals surface area contributed by atoms with Crippen molar-refractivity contribution in [3.63, 3.8) is 0 Å². The third kappa shape index (κ3) is 3.76. The van der Waals surface area contributed by atoms with Crippen molar-refractivity contribution in [2.24, 2.45) is 0 Å². The van der Waals surface area contributed by atoms with Gasteiger partial charge in [-0.25, -0.2) is 13.4 Å². The maximum absolute atomic E-state index is 12.8. The van der Waals surface area contributed by atoms with Gasteiger partial charge in [0.25, 0.3) is 0 Å². The van der Waals surface area contributed by atoms with Crippen LogP contribution in [-0.4, -0.2) is 58.7 Å². The molecule has 0 unspecified atom stereocenters. The van der Waals surface area contributed by atoms with E-state index in [2.05, 4.69) is 42.7 Å². The topological polar surface area (TPSA) is 84.2 Å². The van der Waals surface area contributed by atoms with E-state index in [1.807, 2.05) is 42.0 Å². The average molecular weight is 510 g/mol. The van der Waals surface area contributed by atoms with Crippen molar-refractivity contribution in [1.82, 2.24) is 24.1 Å². The molecular formula is C18H19IN6O2S. The Labute approximate surface area is 177 Å². The summed E-state index contributed by atoms with van der Waals surface area (Å²) in [5.41, 5.74) is 0. The number of piperazine rings is 1. The Morgan fingerprint density at radius 2 is 1.57 bits per heavy atom. The van der Waals surface area contributed by atoms with Crippen molar-refractivity contribution in [2.75, 3.05) is 31.1 Å². The van der Waals surface area contributed by atoms with E-state index in [4.69, 9.17) is 0 Å². The highest BCUT2D eigenvalue weighted by Gasteiger charge is 2.29. The standard InChI is InChI=1S/C18H19IN6O2S/c1-14-20-8-9-25(14)18-7-6-17(21-22-18)23-10-12-24(13-11-23)28(26,27)16-4-2-15(19)3-5-16/h2-9H,10-13H2,1H3. The van der Waals surface area contributed by atoms with Crippen LogP contribution < -0.4 is 4.90 Å². The van der Waals surface area contributed by atoms with Gasteiger partial charge in [-0.15, -0.1) is 10.2 Å². The van der Waals surface area contributed by atoms with E-state index in [-0.39, 0.29) is 0 Å². The van der Waals surface area contributed by atoms with E-state index >= 15 is 0 Å². The minimum absolute atomic E-state index is 0.334. The smallest absolute Gasteiger partial charge is 0.243 e. The van der Waals surface area contributed by atoms with Crippen LogP contribution in [0.5, 0.6) is 0 Å². The number of halogens is 1. The van der Waals surface area contributed by atoms with Crippen LogP contribution in [-0.2, 0) is 10.0 Å². The van der Waals surface area contributed by atoms with Crippen molar-refractivity contribution >= 4 is 38.4 Å². The number of sulfonamides is 1. The molecule has 1 saturated heterocycles. The predicted molar refractivity (Wildman–Crippen MR) is 114 cm³/mol. The molecule has 4 rings (SSSR count). The van der Waals surface area contributed by atoms with Gasteiger partial charge in [-0.2, -0.15) is 4.31 Å². The second-order valence-electron chi connectivity index (χ2n) is 6.44. The number of hydrogen-bond donors (Lipinski definition) is 0. The zero-order valence-corrected chi connectivity index (χ0v) is 18.2. The van der Waals surface area contributed by atoms with Crippen LogP contribution >= 0.6 is 22.6 Å². The molecule has 0 radical (unpaired) electrons. The van der Waals surface area contributed by atoms with E-state index in [0.29, 0.717) is 36.9 Å². The summed E-state index contributed by atoms with van der Waals surface area (Å²) in [6.07, 6.45) is 3.56. The first-order valence-corrected chi connectivity index (χ1v) is 11.3. The van der Waals surface area contributed by atoms with E-state index in [1.54, 1.807) is 18.3 Å². The van der Waals surface area contributed by atoms with Crippen molar-refractivity contribution in [2.45, 2.75) is 11.8 Å². The first-order chi connectivity index (χ1) is 13.4. The number of imidazole rings is 1. The van der Waals surface area contributed by atoms with Gasteiger partial charge in [0.2, 0.25) is 10.0 Å². The Bertz CT molecular complexity index is 1060. The van der Waals surface area contributed by atoms with Gasteiger partial charge in [-0.05, 0) is 65.9 Å². The Morgan fingerprint density at radius 1 is 0.929 bits per heavy atom. The maximum Gasteiger partial charge on any atom is 0.243 e. The van der Waals surface area contributed by atoms with Crippen LogP contribution in [0.15, 0.2) is 53.7 Å². The molecule has 2 aromatic heterocycles. The molecule has 0 bridgehead atoms. The van der Waals surface area contributed by atoms with Crippen LogP contribution in [0.2, 0.25) is 0 Å². The first kappa shape index (κ1) is 19.3. The highest BCUT2D eigenvalue weighted by atomic mass is 127. The molecule has 3 aromatic rings. The normalized spacial score (nSPS) is 15.7. The summed E-state index contributed by atoms with van der Waals surface area (Å²) in [6.45, 7) is 3.88. The molecule has 1 aliphatic rings. The van der Waals surface area contributed by atoms with Gasteiger partial charge in [0.05, 0.1) is 4.90 Å². The lowest BCUT2D eigenvalue weighted by Gasteiger charge is -2.34. The fraction of sp³-hybridized carbons (Fsp3) is 0.278. The van der Waals surface area contributed by atoms with Crippen molar-refractivity contribution < 1.29 is 8.42 Å². The SMILES string of the molecule is Cc1nccn1-c1ccc(N2CCN(S(=O)(=O)c3ccc(I)cc3)CC2)nn1. The zero-order chi connectivity index (χ0) is 19.7. The summed E-state index contributed by atoms with van der Waals surface area (Å²) in [5, 5.41) is 8.59. The molecule has 1 aromatic carbocycles. The molecule has 0 amide bonds. The van der Waals surface area contributed by atoms with Gasteiger partial charge in [0.15, 0.2) is 11.6 Å². The molecule has 10 heteroatoms. The summed E-state index contributed by atoms with van der Waals surface area (Å²) in [7, 11) is -3.47. The summed E-state index contributed by atoms with van der Waals surface area (Å²) in [4.78, 5) is 6.58. The van der Waals surface area contributed by atoms with Gasteiger partial charge in [-0.1, -0.05) is 0 Å². The first-order valence-electron chi connectivity index (χ1n) is 8.80. The predicted octanol–water partition coefficient (Wildman–Crippen LogP) is 2.09. The Kier molecular flexibility index (Phi) is 5.34. The number of benzene rings is 1. The quantitative estimate of drug-likeness (QED) is 0.500. The number of aryl methyl sites for hydroxylation is 1. The molecular weight excluding hydrogens is 491 g/mol.